The van der Waals surface area contributed by atoms with Gasteiger partial charge in [0.05, 0.1) is 15.9 Å². The minimum Gasteiger partial charge on any atom is -0.326 e. The van der Waals surface area contributed by atoms with E-state index in [0.717, 1.165) is 30.8 Å². The Morgan fingerprint density at radius 1 is 1.21 bits per heavy atom. The lowest BCUT2D eigenvalue weighted by molar-refractivity contribution is -0.123. The second-order valence-corrected chi connectivity index (χ2v) is 11.2. The number of amides is 1. The van der Waals surface area contributed by atoms with Gasteiger partial charge in [0.1, 0.15) is 0 Å². The first kappa shape index (κ1) is 20.1. The van der Waals surface area contributed by atoms with Crippen molar-refractivity contribution < 1.29 is 4.79 Å². The number of fused-ring (bicyclic) bond motifs is 2. The summed E-state index contributed by atoms with van der Waals surface area (Å²) in [5, 5.41) is 2.95. The molecule has 3 aromatic heterocycles. The molecule has 0 saturated carbocycles. The van der Waals surface area contributed by atoms with Gasteiger partial charge in [-0.1, -0.05) is 32.5 Å². The van der Waals surface area contributed by atoms with Gasteiger partial charge in [-0.05, 0) is 25.1 Å². The third kappa shape index (κ3) is 4.36. The van der Waals surface area contributed by atoms with E-state index in [1.165, 1.54) is 11.3 Å². The zero-order valence-corrected chi connectivity index (χ0v) is 18.9. The third-order valence-corrected chi connectivity index (χ3v) is 7.28. The van der Waals surface area contributed by atoms with Gasteiger partial charge in [0, 0.05) is 34.0 Å². The number of thiazole rings is 2. The summed E-state index contributed by atoms with van der Waals surface area (Å²) < 4.78 is 3.50. The summed E-state index contributed by atoms with van der Waals surface area (Å²) in [5.74, 6) is 0.559. The second kappa shape index (κ2) is 7.55. The van der Waals surface area contributed by atoms with Gasteiger partial charge in [0.2, 0.25) is 5.91 Å². The fraction of sp³-hybridized carbons (Fsp3) is 0.300. The van der Waals surface area contributed by atoms with Crippen molar-refractivity contribution >= 4 is 61.2 Å². The Kier molecular flexibility index (Phi) is 5.22. The molecule has 6 nitrogen and oxygen atoms in total. The molecule has 0 radical (unpaired) electrons. The van der Waals surface area contributed by atoms with Gasteiger partial charge in [-0.2, -0.15) is 0 Å². The van der Waals surface area contributed by atoms with Crippen molar-refractivity contribution in [3.63, 3.8) is 0 Å². The molecule has 29 heavy (non-hydrogen) atoms. The molecule has 9 heteroatoms. The van der Waals surface area contributed by atoms with Crippen LogP contribution in [0.15, 0.2) is 39.6 Å². The van der Waals surface area contributed by atoms with E-state index >= 15 is 0 Å². The van der Waals surface area contributed by atoms with Crippen molar-refractivity contribution in [2.45, 2.75) is 37.8 Å². The number of anilines is 1. The van der Waals surface area contributed by atoms with Crippen molar-refractivity contribution in [1.29, 1.82) is 0 Å². The summed E-state index contributed by atoms with van der Waals surface area (Å²) >= 11 is 4.64. The van der Waals surface area contributed by atoms with E-state index in [-0.39, 0.29) is 11.5 Å². The maximum atomic E-state index is 12.2. The molecule has 0 fully saturated rings. The maximum Gasteiger partial charge on any atom is 0.258 e. The molecule has 0 unspecified atom stereocenters. The number of nitrogens with zero attached hydrogens (tertiary/aromatic N) is 3. The van der Waals surface area contributed by atoms with Crippen LogP contribution >= 0.6 is 34.4 Å². The molecule has 0 saturated heterocycles. The van der Waals surface area contributed by atoms with Gasteiger partial charge in [-0.3, -0.25) is 14.0 Å². The zero-order chi connectivity index (χ0) is 20.8. The average molecular weight is 445 g/mol. The number of thioether (sulfide) groups is 1. The van der Waals surface area contributed by atoms with Crippen LogP contribution in [-0.4, -0.2) is 20.3 Å². The Morgan fingerprint density at radius 3 is 2.76 bits per heavy atom. The molecule has 0 atom stereocenters. The summed E-state index contributed by atoms with van der Waals surface area (Å²) in [7, 11) is 0. The van der Waals surface area contributed by atoms with E-state index in [4.69, 9.17) is 0 Å². The Morgan fingerprint density at radius 2 is 2.00 bits per heavy atom. The van der Waals surface area contributed by atoms with E-state index in [0.29, 0.717) is 10.7 Å². The van der Waals surface area contributed by atoms with Crippen molar-refractivity contribution in [3.8, 4) is 0 Å². The van der Waals surface area contributed by atoms with E-state index < -0.39 is 5.41 Å². The molecule has 0 aliphatic rings. The van der Waals surface area contributed by atoms with E-state index in [1.807, 2.05) is 52.1 Å². The van der Waals surface area contributed by atoms with Crippen LogP contribution in [0.2, 0.25) is 0 Å². The summed E-state index contributed by atoms with van der Waals surface area (Å²) in [5.41, 5.74) is 1.91. The van der Waals surface area contributed by atoms with Crippen molar-refractivity contribution in [3.05, 3.63) is 51.4 Å². The van der Waals surface area contributed by atoms with Gasteiger partial charge in [0.25, 0.3) is 5.56 Å². The standard InChI is InChI=1S/C20H20N4O2S3/c1-11-9-24-16(25)8-13(22-18(24)28-11)10-27-19-23-14-6-5-12(7-15(14)29-19)21-17(26)20(2,3)4/h5-9H,10H2,1-4H3,(H,21,26). The molecule has 0 aliphatic carbocycles. The number of hydrogen-bond donors (Lipinski definition) is 1. The molecule has 3 heterocycles. The number of aryl methyl sites for hydroxylation is 1. The first-order valence-corrected chi connectivity index (χ1v) is 11.6. The number of carbonyl (C=O) groups excluding carboxylic acids is 1. The molecule has 0 spiro atoms. The lowest BCUT2D eigenvalue weighted by Gasteiger charge is -2.17. The molecular formula is C20H20N4O2S3. The van der Waals surface area contributed by atoms with Crippen LogP contribution in [0.1, 0.15) is 31.3 Å². The highest BCUT2D eigenvalue weighted by Crippen LogP contribution is 2.33. The number of rotatable bonds is 4. The molecule has 0 aliphatic heterocycles. The first-order valence-electron chi connectivity index (χ1n) is 9.02. The fourth-order valence-electron chi connectivity index (χ4n) is 2.63. The normalized spacial score (nSPS) is 12.0. The predicted molar refractivity (Wildman–Crippen MR) is 121 cm³/mol. The van der Waals surface area contributed by atoms with E-state index in [9.17, 15) is 9.59 Å². The zero-order valence-electron chi connectivity index (χ0n) is 16.5. The molecule has 4 aromatic rings. The van der Waals surface area contributed by atoms with Crippen LogP contribution in [0.4, 0.5) is 5.69 Å². The van der Waals surface area contributed by atoms with Crippen LogP contribution in [0.5, 0.6) is 0 Å². The van der Waals surface area contributed by atoms with Crippen molar-refractivity contribution in [2.24, 2.45) is 5.41 Å². The highest BCUT2D eigenvalue weighted by atomic mass is 32.2. The SMILES string of the molecule is Cc1cn2c(=O)cc(CSc3nc4ccc(NC(=O)C(C)(C)C)cc4s3)nc2s1. The minimum atomic E-state index is -0.447. The highest BCUT2D eigenvalue weighted by Gasteiger charge is 2.21. The number of hydrogen-bond acceptors (Lipinski definition) is 7. The van der Waals surface area contributed by atoms with Crippen LogP contribution in [0, 0.1) is 12.3 Å². The number of nitrogens with one attached hydrogen (secondary N) is 1. The second-order valence-electron chi connectivity index (χ2n) is 7.74. The van der Waals surface area contributed by atoms with E-state index in [1.54, 1.807) is 33.6 Å². The fourth-order valence-corrected chi connectivity index (χ4v) is 5.48. The van der Waals surface area contributed by atoms with Crippen molar-refractivity contribution in [2.75, 3.05) is 5.32 Å². The van der Waals surface area contributed by atoms with Gasteiger partial charge in [0.15, 0.2) is 9.30 Å². The van der Waals surface area contributed by atoms with Gasteiger partial charge in [-0.15, -0.1) is 22.7 Å². The number of aromatic nitrogens is 3. The summed E-state index contributed by atoms with van der Waals surface area (Å²) in [4.78, 5) is 35.4. The molecule has 1 aromatic carbocycles. The predicted octanol–water partition coefficient (Wildman–Crippen LogP) is 4.95. The highest BCUT2D eigenvalue weighted by molar-refractivity contribution is 8.00. The topological polar surface area (TPSA) is 76.4 Å². The molecule has 4 rings (SSSR count). The Balaban J connectivity index is 1.51. The quantitative estimate of drug-likeness (QED) is 0.451. The van der Waals surface area contributed by atoms with Crippen LogP contribution < -0.4 is 10.9 Å². The van der Waals surface area contributed by atoms with Gasteiger partial charge < -0.3 is 5.32 Å². The van der Waals surface area contributed by atoms with Crippen molar-refractivity contribution in [1.82, 2.24) is 14.4 Å². The molecule has 0 bridgehead atoms. The smallest absolute Gasteiger partial charge is 0.258 e. The summed E-state index contributed by atoms with van der Waals surface area (Å²) in [6.07, 6.45) is 1.82. The van der Waals surface area contributed by atoms with Crippen LogP contribution in [0.3, 0.4) is 0 Å². The Hall–Kier alpha value is -2.23. The molecule has 1 N–H and O–H groups in total. The molecule has 1 amide bonds. The minimum absolute atomic E-state index is 0.0208. The maximum absolute atomic E-state index is 12.2. The summed E-state index contributed by atoms with van der Waals surface area (Å²) in [6.45, 7) is 7.62. The monoisotopic (exact) mass is 444 g/mol. The van der Waals surface area contributed by atoms with Gasteiger partial charge >= 0.3 is 0 Å². The average Bonchev–Trinajstić information content (AvgIpc) is 3.21. The molecular weight excluding hydrogens is 424 g/mol. The number of benzene rings is 1. The number of carbonyl (C=O) groups is 1. The lowest BCUT2D eigenvalue weighted by Crippen LogP contribution is -2.27. The first-order chi connectivity index (χ1) is 13.7. The third-order valence-electron chi connectivity index (χ3n) is 4.19. The Labute approximate surface area is 180 Å². The van der Waals surface area contributed by atoms with Crippen LogP contribution in [-0.2, 0) is 10.5 Å². The Bertz CT molecular complexity index is 1280. The van der Waals surface area contributed by atoms with E-state index in [2.05, 4.69) is 15.3 Å². The summed E-state index contributed by atoms with van der Waals surface area (Å²) in [6, 6.07) is 7.32. The van der Waals surface area contributed by atoms with Gasteiger partial charge in [-0.25, -0.2) is 9.97 Å². The van der Waals surface area contributed by atoms with Crippen LogP contribution in [0.25, 0.3) is 15.2 Å². The largest absolute Gasteiger partial charge is 0.326 e. The lowest BCUT2D eigenvalue weighted by atomic mass is 9.95. The molecule has 150 valence electrons.